The molecule has 1 atom stereocenters. The Morgan fingerprint density at radius 1 is 1.23 bits per heavy atom. The standard InChI is InChI=1S/C18H17N3O4S/c1-12(22)20-15(13-5-3-2-4-6-13)9-17(24)25-11-16(23)21-18-14(10-19)7-8-26-18/h2-8,15H,9,11H2,1H3,(H,20,22)(H,21,23)/t15-/m1/s1. The maximum atomic E-state index is 12.0. The number of anilines is 1. The number of ether oxygens (including phenoxy) is 1. The molecule has 0 spiro atoms. The predicted molar refractivity (Wildman–Crippen MR) is 96.2 cm³/mol. The molecule has 0 fully saturated rings. The van der Waals surface area contributed by atoms with Crippen LogP contribution >= 0.6 is 11.3 Å². The smallest absolute Gasteiger partial charge is 0.308 e. The van der Waals surface area contributed by atoms with Gasteiger partial charge >= 0.3 is 5.97 Å². The van der Waals surface area contributed by atoms with Crippen LogP contribution in [-0.4, -0.2) is 24.4 Å². The minimum absolute atomic E-state index is 0.0979. The summed E-state index contributed by atoms with van der Waals surface area (Å²) in [5, 5.41) is 16.2. The highest BCUT2D eigenvalue weighted by Gasteiger charge is 2.19. The summed E-state index contributed by atoms with van der Waals surface area (Å²) in [6.07, 6.45) is -0.0979. The van der Waals surface area contributed by atoms with Crippen molar-refractivity contribution in [2.45, 2.75) is 19.4 Å². The molecule has 0 bridgehead atoms. The Balaban J connectivity index is 1.88. The lowest BCUT2D eigenvalue weighted by atomic mass is 10.0. The Hall–Kier alpha value is -3.18. The van der Waals surface area contributed by atoms with Crippen molar-refractivity contribution < 1.29 is 19.1 Å². The molecule has 1 aromatic carbocycles. The van der Waals surface area contributed by atoms with Crippen LogP contribution in [0.4, 0.5) is 5.00 Å². The van der Waals surface area contributed by atoms with Gasteiger partial charge in [0.1, 0.15) is 11.1 Å². The van der Waals surface area contributed by atoms with Crippen molar-refractivity contribution in [2.24, 2.45) is 0 Å². The number of carbonyl (C=O) groups is 3. The van der Waals surface area contributed by atoms with Gasteiger partial charge in [0, 0.05) is 6.92 Å². The third kappa shape index (κ3) is 5.72. The summed E-state index contributed by atoms with van der Waals surface area (Å²) in [6.45, 7) is 0.895. The number of carbonyl (C=O) groups excluding carboxylic acids is 3. The molecule has 1 aromatic heterocycles. The first kappa shape index (κ1) is 19.1. The number of hydrogen-bond donors (Lipinski definition) is 2. The molecule has 2 aromatic rings. The number of thiophene rings is 1. The lowest BCUT2D eigenvalue weighted by Crippen LogP contribution is -2.29. The lowest BCUT2D eigenvalue weighted by molar-refractivity contribution is -0.148. The van der Waals surface area contributed by atoms with Crippen molar-refractivity contribution in [1.82, 2.24) is 5.32 Å². The topological polar surface area (TPSA) is 108 Å². The van der Waals surface area contributed by atoms with Crippen LogP contribution in [0.15, 0.2) is 41.8 Å². The van der Waals surface area contributed by atoms with E-state index in [1.54, 1.807) is 35.7 Å². The Labute approximate surface area is 154 Å². The van der Waals surface area contributed by atoms with Crippen LogP contribution in [-0.2, 0) is 19.1 Å². The molecule has 2 amide bonds. The summed E-state index contributed by atoms with van der Waals surface area (Å²) < 4.78 is 4.98. The Bertz CT molecular complexity index is 826. The van der Waals surface area contributed by atoms with Gasteiger partial charge in [-0.25, -0.2) is 0 Å². The van der Waals surface area contributed by atoms with Crippen molar-refractivity contribution in [2.75, 3.05) is 11.9 Å². The third-order valence-electron chi connectivity index (χ3n) is 3.35. The molecule has 0 aliphatic rings. The molecule has 0 aliphatic heterocycles. The number of nitrogens with zero attached hydrogens (tertiary/aromatic N) is 1. The average Bonchev–Trinajstić information content (AvgIpc) is 3.07. The third-order valence-corrected chi connectivity index (χ3v) is 4.18. The molecule has 0 aliphatic carbocycles. The van der Waals surface area contributed by atoms with E-state index in [0.29, 0.717) is 10.6 Å². The van der Waals surface area contributed by atoms with E-state index in [9.17, 15) is 14.4 Å². The number of amides is 2. The molecule has 0 saturated carbocycles. The summed E-state index contributed by atoms with van der Waals surface area (Å²) in [4.78, 5) is 35.3. The molecule has 134 valence electrons. The Morgan fingerprint density at radius 3 is 2.62 bits per heavy atom. The van der Waals surface area contributed by atoms with Crippen LogP contribution in [0.1, 0.15) is 30.5 Å². The van der Waals surface area contributed by atoms with Gasteiger partial charge in [0.25, 0.3) is 5.91 Å². The van der Waals surface area contributed by atoms with Crippen molar-refractivity contribution in [3.8, 4) is 6.07 Å². The highest BCUT2D eigenvalue weighted by atomic mass is 32.1. The second-order valence-corrected chi connectivity index (χ2v) is 6.27. The average molecular weight is 371 g/mol. The highest BCUT2D eigenvalue weighted by Crippen LogP contribution is 2.22. The number of esters is 1. The largest absolute Gasteiger partial charge is 0.455 e. The van der Waals surface area contributed by atoms with Crippen molar-refractivity contribution in [1.29, 1.82) is 5.26 Å². The molecule has 0 radical (unpaired) electrons. The first-order chi connectivity index (χ1) is 12.5. The second kappa shape index (κ2) is 9.34. The molecule has 0 unspecified atom stereocenters. The fourth-order valence-electron chi connectivity index (χ4n) is 2.21. The van der Waals surface area contributed by atoms with Crippen LogP contribution in [0.2, 0.25) is 0 Å². The van der Waals surface area contributed by atoms with Crippen LogP contribution < -0.4 is 10.6 Å². The van der Waals surface area contributed by atoms with Gasteiger partial charge in [0.15, 0.2) is 6.61 Å². The molecule has 26 heavy (non-hydrogen) atoms. The number of rotatable bonds is 7. The van der Waals surface area contributed by atoms with E-state index in [4.69, 9.17) is 10.00 Å². The minimum atomic E-state index is -0.616. The Kier molecular flexibility index (Phi) is 6.88. The quantitative estimate of drug-likeness (QED) is 0.727. The summed E-state index contributed by atoms with van der Waals surface area (Å²) in [5.41, 5.74) is 1.12. The molecule has 7 nitrogen and oxygen atoms in total. The monoisotopic (exact) mass is 371 g/mol. The van der Waals surface area contributed by atoms with Crippen LogP contribution in [0.25, 0.3) is 0 Å². The number of nitrogens with one attached hydrogen (secondary N) is 2. The van der Waals surface area contributed by atoms with Gasteiger partial charge in [-0.15, -0.1) is 11.3 Å². The van der Waals surface area contributed by atoms with Gasteiger partial charge in [0.05, 0.1) is 18.0 Å². The van der Waals surface area contributed by atoms with Crippen LogP contribution in [0, 0.1) is 11.3 Å². The zero-order valence-corrected chi connectivity index (χ0v) is 14.8. The summed E-state index contributed by atoms with van der Waals surface area (Å²) in [6, 6.07) is 12.0. The van der Waals surface area contributed by atoms with Gasteiger partial charge in [-0.2, -0.15) is 5.26 Å². The van der Waals surface area contributed by atoms with Gasteiger partial charge in [0.2, 0.25) is 5.91 Å². The first-order valence-electron chi connectivity index (χ1n) is 7.74. The van der Waals surface area contributed by atoms with Gasteiger partial charge in [-0.3, -0.25) is 14.4 Å². The highest BCUT2D eigenvalue weighted by molar-refractivity contribution is 7.14. The zero-order chi connectivity index (χ0) is 18.9. The maximum Gasteiger partial charge on any atom is 0.308 e. The van der Waals surface area contributed by atoms with Crippen LogP contribution in [0.3, 0.4) is 0 Å². The number of benzene rings is 1. The van der Waals surface area contributed by atoms with E-state index >= 15 is 0 Å². The number of nitriles is 1. The second-order valence-electron chi connectivity index (χ2n) is 5.35. The van der Waals surface area contributed by atoms with E-state index in [1.165, 1.54) is 18.3 Å². The summed E-state index contributed by atoms with van der Waals surface area (Å²) >= 11 is 1.21. The molecule has 0 saturated heterocycles. The zero-order valence-electron chi connectivity index (χ0n) is 14.0. The van der Waals surface area contributed by atoms with Crippen molar-refractivity contribution in [3.63, 3.8) is 0 Å². The van der Waals surface area contributed by atoms with E-state index in [2.05, 4.69) is 10.6 Å². The summed E-state index contributed by atoms with van der Waals surface area (Å²) in [7, 11) is 0. The number of hydrogen-bond acceptors (Lipinski definition) is 6. The van der Waals surface area contributed by atoms with E-state index in [-0.39, 0.29) is 12.3 Å². The molecular formula is C18H17N3O4S. The fraction of sp³-hybridized carbons (Fsp3) is 0.222. The van der Waals surface area contributed by atoms with E-state index in [0.717, 1.165) is 5.56 Å². The van der Waals surface area contributed by atoms with Crippen molar-refractivity contribution >= 4 is 34.1 Å². The molecular weight excluding hydrogens is 354 g/mol. The van der Waals surface area contributed by atoms with E-state index < -0.39 is 24.5 Å². The van der Waals surface area contributed by atoms with Gasteiger partial charge in [-0.05, 0) is 17.0 Å². The fourth-order valence-corrected chi connectivity index (χ4v) is 2.96. The first-order valence-corrected chi connectivity index (χ1v) is 8.62. The minimum Gasteiger partial charge on any atom is -0.455 e. The summed E-state index contributed by atoms with van der Waals surface area (Å²) in [5.74, 6) is -1.42. The molecule has 2 rings (SSSR count). The molecule has 1 heterocycles. The molecule has 2 N–H and O–H groups in total. The van der Waals surface area contributed by atoms with Gasteiger partial charge < -0.3 is 15.4 Å². The predicted octanol–water partition coefficient (Wildman–Crippen LogP) is 2.37. The Morgan fingerprint density at radius 2 is 1.96 bits per heavy atom. The van der Waals surface area contributed by atoms with E-state index in [1.807, 2.05) is 12.1 Å². The van der Waals surface area contributed by atoms with Crippen LogP contribution in [0.5, 0.6) is 0 Å². The normalized spacial score (nSPS) is 11.1. The van der Waals surface area contributed by atoms with Crippen molar-refractivity contribution in [3.05, 3.63) is 52.9 Å². The molecule has 8 heteroatoms. The SMILES string of the molecule is CC(=O)N[C@H](CC(=O)OCC(=O)Nc1sccc1C#N)c1ccccc1. The van der Waals surface area contributed by atoms with Gasteiger partial charge in [-0.1, -0.05) is 30.3 Å². The maximum absolute atomic E-state index is 12.0. The lowest BCUT2D eigenvalue weighted by Gasteiger charge is -2.17.